The molecule has 0 saturated carbocycles. The SMILES string of the molecule is CNS(=O)(=O)c1ccccc1-c1ncccn1. The van der Waals surface area contributed by atoms with Crippen LogP contribution in [0.3, 0.4) is 0 Å². The molecule has 0 atom stereocenters. The summed E-state index contributed by atoms with van der Waals surface area (Å²) in [5, 5.41) is 0. The Morgan fingerprint density at radius 2 is 1.71 bits per heavy atom. The van der Waals surface area contributed by atoms with Crippen molar-refractivity contribution < 1.29 is 8.42 Å². The van der Waals surface area contributed by atoms with E-state index in [4.69, 9.17) is 0 Å². The van der Waals surface area contributed by atoms with Crippen LogP contribution in [0.1, 0.15) is 0 Å². The van der Waals surface area contributed by atoms with Crippen molar-refractivity contribution in [1.29, 1.82) is 0 Å². The maximum Gasteiger partial charge on any atom is 0.241 e. The number of rotatable bonds is 3. The lowest BCUT2D eigenvalue weighted by atomic mass is 10.2. The molecule has 1 heterocycles. The topological polar surface area (TPSA) is 72.0 Å². The van der Waals surface area contributed by atoms with Crippen molar-refractivity contribution in [3.05, 3.63) is 42.7 Å². The number of nitrogens with one attached hydrogen (secondary N) is 1. The largest absolute Gasteiger partial charge is 0.241 e. The lowest BCUT2D eigenvalue weighted by molar-refractivity contribution is 0.588. The molecule has 88 valence electrons. The molecular weight excluding hydrogens is 238 g/mol. The van der Waals surface area contributed by atoms with E-state index < -0.39 is 10.0 Å². The molecule has 2 aromatic rings. The summed E-state index contributed by atoms with van der Waals surface area (Å²) in [6.45, 7) is 0. The van der Waals surface area contributed by atoms with Gasteiger partial charge in [-0.3, -0.25) is 0 Å². The maximum atomic E-state index is 11.8. The van der Waals surface area contributed by atoms with E-state index in [9.17, 15) is 8.42 Å². The number of benzene rings is 1. The van der Waals surface area contributed by atoms with Crippen LogP contribution in [0, 0.1) is 0 Å². The van der Waals surface area contributed by atoms with Gasteiger partial charge in [0.25, 0.3) is 0 Å². The van der Waals surface area contributed by atoms with E-state index in [0.717, 1.165) is 0 Å². The average Bonchev–Trinajstić information content (AvgIpc) is 2.40. The van der Waals surface area contributed by atoms with Gasteiger partial charge in [0.05, 0.1) is 4.90 Å². The minimum atomic E-state index is -3.51. The van der Waals surface area contributed by atoms with Crippen LogP contribution >= 0.6 is 0 Å². The van der Waals surface area contributed by atoms with Crippen LogP contribution in [-0.4, -0.2) is 25.4 Å². The molecule has 2 rings (SSSR count). The average molecular weight is 249 g/mol. The van der Waals surface area contributed by atoms with Gasteiger partial charge in [0, 0.05) is 18.0 Å². The first-order chi connectivity index (χ1) is 8.15. The molecule has 1 N–H and O–H groups in total. The summed E-state index contributed by atoms with van der Waals surface area (Å²) < 4.78 is 25.9. The van der Waals surface area contributed by atoms with Crippen LogP contribution < -0.4 is 4.72 Å². The third kappa shape index (κ3) is 2.32. The van der Waals surface area contributed by atoms with Crippen LogP contribution in [0.4, 0.5) is 0 Å². The van der Waals surface area contributed by atoms with Crippen molar-refractivity contribution in [2.45, 2.75) is 4.90 Å². The predicted octanol–water partition coefficient (Wildman–Crippen LogP) is 1.05. The first-order valence-corrected chi connectivity index (χ1v) is 6.43. The summed E-state index contributed by atoms with van der Waals surface area (Å²) in [5.74, 6) is 0.391. The number of aromatic nitrogens is 2. The molecule has 6 heteroatoms. The lowest BCUT2D eigenvalue weighted by Crippen LogP contribution is -2.19. The summed E-state index contributed by atoms with van der Waals surface area (Å²) >= 11 is 0. The lowest BCUT2D eigenvalue weighted by Gasteiger charge is -2.07. The minimum absolute atomic E-state index is 0.175. The normalized spacial score (nSPS) is 11.4. The fourth-order valence-corrected chi connectivity index (χ4v) is 2.36. The van der Waals surface area contributed by atoms with Gasteiger partial charge in [0.1, 0.15) is 0 Å². The molecular formula is C11H11N3O2S. The van der Waals surface area contributed by atoms with Crippen molar-refractivity contribution in [2.75, 3.05) is 7.05 Å². The van der Waals surface area contributed by atoms with Crippen molar-refractivity contribution in [3.8, 4) is 11.4 Å². The van der Waals surface area contributed by atoms with Crippen molar-refractivity contribution in [2.24, 2.45) is 0 Å². The fourth-order valence-electron chi connectivity index (χ4n) is 1.43. The Bertz CT molecular complexity index is 612. The second-order valence-corrected chi connectivity index (χ2v) is 5.13. The summed E-state index contributed by atoms with van der Waals surface area (Å²) in [6, 6.07) is 8.30. The Hall–Kier alpha value is -1.79. The summed E-state index contributed by atoms with van der Waals surface area (Å²) in [5.41, 5.74) is 0.488. The number of sulfonamides is 1. The highest BCUT2D eigenvalue weighted by molar-refractivity contribution is 7.89. The zero-order chi connectivity index (χ0) is 12.3. The Morgan fingerprint density at radius 3 is 2.35 bits per heavy atom. The second kappa shape index (κ2) is 4.60. The molecule has 5 nitrogen and oxygen atoms in total. The predicted molar refractivity (Wildman–Crippen MR) is 63.7 cm³/mol. The molecule has 17 heavy (non-hydrogen) atoms. The molecule has 0 aliphatic rings. The molecule has 0 amide bonds. The molecule has 0 unspecified atom stereocenters. The van der Waals surface area contributed by atoms with Gasteiger partial charge in [-0.2, -0.15) is 0 Å². The van der Waals surface area contributed by atoms with Crippen molar-refractivity contribution in [3.63, 3.8) is 0 Å². The fraction of sp³-hybridized carbons (Fsp3) is 0.0909. The first kappa shape index (κ1) is 11.7. The Balaban J connectivity index is 2.65. The summed E-state index contributed by atoms with van der Waals surface area (Å²) in [6.07, 6.45) is 3.15. The van der Waals surface area contributed by atoms with Gasteiger partial charge >= 0.3 is 0 Å². The zero-order valence-corrected chi connectivity index (χ0v) is 9.98. The second-order valence-electron chi connectivity index (χ2n) is 3.28. The van der Waals surface area contributed by atoms with E-state index in [0.29, 0.717) is 11.4 Å². The number of hydrogen-bond acceptors (Lipinski definition) is 4. The molecule has 0 spiro atoms. The van der Waals surface area contributed by atoms with E-state index in [1.807, 2.05) is 0 Å². The van der Waals surface area contributed by atoms with Gasteiger partial charge < -0.3 is 0 Å². The molecule has 0 aliphatic heterocycles. The first-order valence-electron chi connectivity index (χ1n) is 4.95. The molecule has 0 saturated heterocycles. The number of nitrogens with zero attached hydrogens (tertiary/aromatic N) is 2. The van der Waals surface area contributed by atoms with E-state index in [-0.39, 0.29) is 4.90 Å². The highest BCUT2D eigenvalue weighted by Gasteiger charge is 2.17. The Labute approximate surface area is 99.6 Å². The summed E-state index contributed by atoms with van der Waals surface area (Å²) in [7, 11) is -2.13. The third-order valence-corrected chi connectivity index (χ3v) is 3.72. The smallest absolute Gasteiger partial charge is 0.237 e. The van der Waals surface area contributed by atoms with Crippen LogP contribution in [-0.2, 0) is 10.0 Å². The quantitative estimate of drug-likeness (QED) is 0.882. The van der Waals surface area contributed by atoms with E-state index in [2.05, 4.69) is 14.7 Å². The van der Waals surface area contributed by atoms with Gasteiger partial charge in [-0.05, 0) is 25.2 Å². The van der Waals surface area contributed by atoms with Gasteiger partial charge in [0.15, 0.2) is 5.82 Å². The van der Waals surface area contributed by atoms with Crippen LogP contribution in [0.25, 0.3) is 11.4 Å². The van der Waals surface area contributed by atoms with Crippen LogP contribution in [0.5, 0.6) is 0 Å². The van der Waals surface area contributed by atoms with Gasteiger partial charge in [-0.15, -0.1) is 0 Å². The Morgan fingerprint density at radius 1 is 1.06 bits per heavy atom. The minimum Gasteiger partial charge on any atom is -0.237 e. The molecule has 0 bridgehead atoms. The van der Waals surface area contributed by atoms with Gasteiger partial charge in [-0.25, -0.2) is 23.1 Å². The van der Waals surface area contributed by atoms with Gasteiger partial charge in [0.2, 0.25) is 10.0 Å². The Kier molecular flexibility index (Phi) is 3.16. The monoisotopic (exact) mass is 249 g/mol. The molecule has 1 aromatic heterocycles. The third-order valence-electron chi connectivity index (χ3n) is 2.25. The van der Waals surface area contributed by atoms with Gasteiger partial charge in [-0.1, -0.05) is 12.1 Å². The van der Waals surface area contributed by atoms with Crippen molar-refractivity contribution >= 4 is 10.0 Å². The molecule has 0 aliphatic carbocycles. The highest BCUT2D eigenvalue weighted by Crippen LogP contribution is 2.23. The van der Waals surface area contributed by atoms with E-state index in [1.165, 1.54) is 13.1 Å². The standard InChI is InChI=1S/C11H11N3O2S/c1-12-17(15,16)10-6-3-2-5-9(10)11-13-7-4-8-14-11/h2-8,12H,1H3. The number of hydrogen-bond donors (Lipinski definition) is 1. The van der Waals surface area contributed by atoms with Crippen molar-refractivity contribution in [1.82, 2.24) is 14.7 Å². The molecule has 0 fully saturated rings. The summed E-state index contributed by atoms with van der Waals surface area (Å²) in [4.78, 5) is 8.28. The molecule has 1 aromatic carbocycles. The molecule has 0 radical (unpaired) electrons. The van der Waals surface area contributed by atoms with Crippen LogP contribution in [0.15, 0.2) is 47.6 Å². The van der Waals surface area contributed by atoms with Crippen LogP contribution in [0.2, 0.25) is 0 Å². The van der Waals surface area contributed by atoms with E-state index in [1.54, 1.807) is 36.7 Å². The maximum absolute atomic E-state index is 11.8. The zero-order valence-electron chi connectivity index (χ0n) is 9.16. The van der Waals surface area contributed by atoms with E-state index >= 15 is 0 Å². The highest BCUT2D eigenvalue weighted by atomic mass is 32.2.